The maximum atomic E-state index is 12.9. The maximum absolute atomic E-state index is 12.9. The Bertz CT molecular complexity index is 822. The van der Waals surface area contributed by atoms with Gasteiger partial charge in [-0.3, -0.25) is 9.59 Å². The van der Waals surface area contributed by atoms with Crippen LogP contribution in [-0.4, -0.2) is 32.0 Å². The van der Waals surface area contributed by atoms with Crippen LogP contribution in [0.25, 0.3) is 0 Å². The molecular weight excluding hydrogens is 338 g/mol. The van der Waals surface area contributed by atoms with Crippen molar-refractivity contribution in [3.63, 3.8) is 0 Å². The van der Waals surface area contributed by atoms with Gasteiger partial charge < -0.3 is 15.1 Å². The van der Waals surface area contributed by atoms with Crippen molar-refractivity contribution in [2.45, 2.75) is 25.7 Å². The Hall–Kier alpha value is -2.82. The molecule has 27 heavy (non-hydrogen) atoms. The fourth-order valence-corrected chi connectivity index (χ4v) is 3.73. The lowest BCUT2D eigenvalue weighted by molar-refractivity contribution is -0.132. The van der Waals surface area contributed by atoms with Gasteiger partial charge in [-0.25, -0.2) is 0 Å². The number of carbonyl (C=O) groups is 2. The van der Waals surface area contributed by atoms with E-state index in [0.717, 1.165) is 24.5 Å². The van der Waals surface area contributed by atoms with Gasteiger partial charge in [0.25, 0.3) is 0 Å². The fraction of sp³-hybridized carbons (Fsp3) is 0.364. The summed E-state index contributed by atoms with van der Waals surface area (Å²) in [7, 11) is 1.73. The van der Waals surface area contributed by atoms with Crippen molar-refractivity contribution in [2.24, 2.45) is 5.41 Å². The Balaban J connectivity index is 1.43. The van der Waals surface area contributed by atoms with Crippen molar-refractivity contribution in [1.82, 2.24) is 0 Å². The molecule has 0 unspecified atom stereocenters. The molecule has 140 valence electrons. The lowest BCUT2D eigenvalue weighted by atomic mass is 10.0. The minimum Gasteiger partial charge on any atom is -0.372 e. The SMILES string of the molecule is CN(C(=O)C1(C(=O)Nc2ccc(N3CCCC3)cc2)CC1)c1ccccc1. The zero-order valence-corrected chi connectivity index (χ0v) is 15.6. The molecule has 1 saturated carbocycles. The van der Waals surface area contributed by atoms with E-state index in [1.807, 2.05) is 54.6 Å². The summed E-state index contributed by atoms with van der Waals surface area (Å²) in [6.45, 7) is 2.18. The molecule has 1 aliphatic heterocycles. The van der Waals surface area contributed by atoms with E-state index in [1.54, 1.807) is 11.9 Å². The van der Waals surface area contributed by atoms with Gasteiger partial charge in [0.15, 0.2) is 0 Å². The largest absolute Gasteiger partial charge is 0.372 e. The predicted molar refractivity (Wildman–Crippen MR) is 108 cm³/mol. The fourth-order valence-electron chi connectivity index (χ4n) is 3.73. The number of hydrogen-bond acceptors (Lipinski definition) is 3. The number of para-hydroxylation sites is 1. The van der Waals surface area contributed by atoms with E-state index < -0.39 is 5.41 Å². The van der Waals surface area contributed by atoms with Gasteiger partial charge in [-0.05, 0) is 62.1 Å². The van der Waals surface area contributed by atoms with Gasteiger partial charge in [0.1, 0.15) is 5.41 Å². The minimum atomic E-state index is -0.932. The van der Waals surface area contributed by atoms with E-state index >= 15 is 0 Å². The van der Waals surface area contributed by atoms with Gasteiger partial charge in [0.05, 0.1) is 0 Å². The van der Waals surface area contributed by atoms with Crippen LogP contribution >= 0.6 is 0 Å². The van der Waals surface area contributed by atoms with Crippen molar-refractivity contribution < 1.29 is 9.59 Å². The van der Waals surface area contributed by atoms with Crippen LogP contribution in [0.15, 0.2) is 54.6 Å². The molecule has 1 N–H and O–H groups in total. The minimum absolute atomic E-state index is 0.139. The van der Waals surface area contributed by atoms with Gasteiger partial charge in [0.2, 0.25) is 11.8 Å². The number of benzene rings is 2. The van der Waals surface area contributed by atoms with E-state index in [1.165, 1.54) is 18.5 Å². The Morgan fingerprint density at radius 2 is 1.59 bits per heavy atom. The van der Waals surface area contributed by atoms with Crippen molar-refractivity contribution in [2.75, 3.05) is 35.3 Å². The third-order valence-electron chi connectivity index (χ3n) is 5.64. The third-order valence-corrected chi connectivity index (χ3v) is 5.64. The Labute approximate surface area is 160 Å². The molecule has 5 heteroatoms. The standard InChI is InChI=1S/C22H25N3O2/c1-24(18-7-3-2-4-8-18)21(27)22(13-14-22)20(26)23-17-9-11-19(12-10-17)25-15-5-6-16-25/h2-4,7-12H,5-6,13-16H2,1H3,(H,23,26). The molecule has 2 fully saturated rings. The molecule has 2 amide bonds. The second-order valence-corrected chi connectivity index (χ2v) is 7.48. The average molecular weight is 363 g/mol. The highest BCUT2D eigenvalue weighted by Crippen LogP contribution is 2.48. The Kier molecular flexibility index (Phi) is 4.60. The summed E-state index contributed by atoms with van der Waals surface area (Å²) in [4.78, 5) is 29.7. The second kappa shape index (κ2) is 7.06. The summed E-state index contributed by atoms with van der Waals surface area (Å²) in [6.07, 6.45) is 3.66. The average Bonchev–Trinajstić information content (AvgIpc) is 3.35. The highest BCUT2D eigenvalue weighted by molar-refractivity contribution is 6.17. The van der Waals surface area contributed by atoms with Crippen molar-refractivity contribution >= 4 is 28.9 Å². The number of anilines is 3. The lowest BCUT2D eigenvalue weighted by Gasteiger charge is -2.23. The summed E-state index contributed by atoms with van der Waals surface area (Å²) in [5.74, 6) is -0.343. The van der Waals surface area contributed by atoms with Crippen molar-refractivity contribution in [3.05, 3.63) is 54.6 Å². The van der Waals surface area contributed by atoms with Crippen LogP contribution in [0.3, 0.4) is 0 Å². The number of rotatable bonds is 5. The molecule has 1 saturated heterocycles. The highest BCUT2D eigenvalue weighted by Gasteiger charge is 2.57. The molecule has 2 aromatic carbocycles. The van der Waals surface area contributed by atoms with Crippen LogP contribution in [0.5, 0.6) is 0 Å². The Morgan fingerprint density at radius 3 is 2.19 bits per heavy atom. The maximum Gasteiger partial charge on any atom is 0.242 e. The Morgan fingerprint density at radius 1 is 0.963 bits per heavy atom. The molecular formula is C22H25N3O2. The lowest BCUT2D eigenvalue weighted by Crippen LogP contribution is -2.41. The first-order valence-corrected chi connectivity index (χ1v) is 9.60. The molecule has 5 nitrogen and oxygen atoms in total. The number of hydrogen-bond donors (Lipinski definition) is 1. The number of nitrogens with one attached hydrogen (secondary N) is 1. The molecule has 0 atom stereocenters. The quantitative estimate of drug-likeness (QED) is 0.825. The summed E-state index contributed by atoms with van der Waals surface area (Å²) >= 11 is 0. The highest BCUT2D eigenvalue weighted by atomic mass is 16.2. The number of carbonyl (C=O) groups excluding carboxylic acids is 2. The smallest absolute Gasteiger partial charge is 0.242 e. The molecule has 2 aliphatic rings. The first kappa shape index (κ1) is 17.6. The predicted octanol–water partition coefficient (Wildman–Crippen LogP) is 3.67. The van der Waals surface area contributed by atoms with E-state index in [4.69, 9.17) is 0 Å². The summed E-state index contributed by atoms with van der Waals surface area (Å²) in [6, 6.07) is 17.4. The van der Waals surface area contributed by atoms with Crippen LogP contribution in [0.1, 0.15) is 25.7 Å². The molecule has 0 spiro atoms. The van der Waals surface area contributed by atoms with Gasteiger partial charge >= 0.3 is 0 Å². The first-order chi connectivity index (χ1) is 13.1. The van der Waals surface area contributed by atoms with Gasteiger partial charge in [-0.2, -0.15) is 0 Å². The molecule has 0 radical (unpaired) electrons. The normalized spacial score (nSPS) is 17.4. The molecule has 1 heterocycles. The van der Waals surface area contributed by atoms with Gasteiger partial charge in [-0.15, -0.1) is 0 Å². The molecule has 0 bridgehead atoms. The van der Waals surface area contributed by atoms with Crippen LogP contribution in [-0.2, 0) is 9.59 Å². The second-order valence-electron chi connectivity index (χ2n) is 7.48. The van der Waals surface area contributed by atoms with E-state index in [2.05, 4.69) is 10.2 Å². The van der Waals surface area contributed by atoms with Crippen LogP contribution in [0.4, 0.5) is 17.1 Å². The van der Waals surface area contributed by atoms with Crippen molar-refractivity contribution in [3.8, 4) is 0 Å². The number of amides is 2. The van der Waals surface area contributed by atoms with Gasteiger partial charge in [0, 0.05) is 37.2 Å². The van der Waals surface area contributed by atoms with E-state index in [-0.39, 0.29) is 11.8 Å². The zero-order chi connectivity index (χ0) is 18.9. The monoisotopic (exact) mass is 363 g/mol. The van der Waals surface area contributed by atoms with Gasteiger partial charge in [-0.1, -0.05) is 18.2 Å². The molecule has 2 aromatic rings. The summed E-state index contributed by atoms with van der Waals surface area (Å²) in [5.41, 5.74) is 1.80. The van der Waals surface area contributed by atoms with E-state index in [0.29, 0.717) is 12.8 Å². The molecule has 1 aliphatic carbocycles. The van der Waals surface area contributed by atoms with Crippen LogP contribution in [0, 0.1) is 5.41 Å². The van der Waals surface area contributed by atoms with Crippen molar-refractivity contribution in [1.29, 1.82) is 0 Å². The number of nitrogens with zero attached hydrogens (tertiary/aromatic N) is 2. The summed E-state index contributed by atoms with van der Waals surface area (Å²) in [5, 5.41) is 2.94. The first-order valence-electron chi connectivity index (χ1n) is 9.60. The third kappa shape index (κ3) is 3.42. The van der Waals surface area contributed by atoms with Crippen LogP contribution < -0.4 is 15.1 Å². The summed E-state index contributed by atoms with van der Waals surface area (Å²) < 4.78 is 0. The molecule has 0 aromatic heterocycles. The van der Waals surface area contributed by atoms with E-state index in [9.17, 15) is 9.59 Å². The zero-order valence-electron chi connectivity index (χ0n) is 15.6. The van der Waals surface area contributed by atoms with Crippen LogP contribution in [0.2, 0.25) is 0 Å². The topological polar surface area (TPSA) is 52.7 Å². The molecule has 4 rings (SSSR count).